The lowest BCUT2D eigenvalue weighted by molar-refractivity contribution is -0.118. The molecular formula is C19H20N2O3S. The minimum absolute atomic E-state index is 0.187. The third-order valence-electron chi connectivity index (χ3n) is 4.29. The zero-order chi connectivity index (χ0) is 18.1. The van der Waals surface area contributed by atoms with E-state index in [1.54, 1.807) is 6.92 Å². The molecule has 1 aromatic carbocycles. The average molecular weight is 356 g/mol. The molecule has 1 amide bonds. The van der Waals surface area contributed by atoms with Crippen LogP contribution < -0.4 is 9.80 Å². The van der Waals surface area contributed by atoms with Gasteiger partial charge < -0.3 is 10.0 Å². The van der Waals surface area contributed by atoms with Gasteiger partial charge in [0, 0.05) is 36.8 Å². The number of carbonyl (C=O) groups excluding carboxylic acids is 2. The van der Waals surface area contributed by atoms with E-state index in [0.717, 1.165) is 10.6 Å². The van der Waals surface area contributed by atoms with Crippen LogP contribution in [0.4, 0.5) is 11.4 Å². The van der Waals surface area contributed by atoms with Crippen molar-refractivity contribution in [1.29, 1.82) is 0 Å². The summed E-state index contributed by atoms with van der Waals surface area (Å²) in [5.74, 6) is -1.19. The number of benzene rings is 1. The van der Waals surface area contributed by atoms with Crippen LogP contribution in [0.15, 0.2) is 53.1 Å². The third-order valence-corrected chi connectivity index (χ3v) is 5.21. The summed E-state index contributed by atoms with van der Waals surface area (Å²) in [5, 5.41) is 12.3. The lowest BCUT2D eigenvalue weighted by Crippen LogP contribution is -2.30. The van der Waals surface area contributed by atoms with Crippen LogP contribution in [-0.4, -0.2) is 30.9 Å². The lowest BCUT2D eigenvalue weighted by atomic mass is 10.00. The van der Waals surface area contributed by atoms with Crippen LogP contribution in [0.2, 0.25) is 0 Å². The summed E-state index contributed by atoms with van der Waals surface area (Å²) in [6.45, 7) is 1.73. The van der Waals surface area contributed by atoms with E-state index in [1.807, 2.05) is 60.8 Å². The Bertz CT molecular complexity index is 823. The van der Waals surface area contributed by atoms with Gasteiger partial charge >= 0.3 is 0 Å². The molecule has 1 N–H and O–H groups in total. The molecule has 5 nitrogen and oxygen atoms in total. The largest absolute Gasteiger partial charge is 0.503 e. The quantitative estimate of drug-likeness (QED) is 0.887. The first-order chi connectivity index (χ1) is 12.0. The normalized spacial score (nSPS) is 17.3. The summed E-state index contributed by atoms with van der Waals surface area (Å²) in [6, 6.07) is 10.7. The van der Waals surface area contributed by atoms with Crippen molar-refractivity contribution in [3.8, 4) is 0 Å². The number of aliphatic hydroxyl groups is 1. The Balaban J connectivity index is 2.09. The first-order valence-corrected chi connectivity index (χ1v) is 8.94. The average Bonchev–Trinajstić information content (AvgIpc) is 3.22. The molecule has 0 saturated heterocycles. The van der Waals surface area contributed by atoms with E-state index in [-0.39, 0.29) is 17.8 Å². The van der Waals surface area contributed by atoms with Crippen LogP contribution in [0.3, 0.4) is 0 Å². The Hall–Kier alpha value is -2.60. The summed E-state index contributed by atoms with van der Waals surface area (Å²) in [5.41, 5.74) is 1.84. The van der Waals surface area contributed by atoms with Crippen molar-refractivity contribution in [3.63, 3.8) is 0 Å². The molecule has 3 rings (SSSR count). The summed E-state index contributed by atoms with van der Waals surface area (Å²) in [7, 11) is 3.88. The monoisotopic (exact) mass is 356 g/mol. The highest BCUT2D eigenvalue weighted by Crippen LogP contribution is 2.42. The van der Waals surface area contributed by atoms with Crippen molar-refractivity contribution in [2.75, 3.05) is 23.9 Å². The van der Waals surface area contributed by atoms with Gasteiger partial charge in [0.15, 0.2) is 11.5 Å². The first-order valence-electron chi connectivity index (χ1n) is 8.06. The molecule has 0 spiro atoms. The second kappa shape index (κ2) is 6.72. The molecule has 0 bridgehead atoms. The number of carbonyl (C=O) groups is 2. The van der Waals surface area contributed by atoms with Gasteiger partial charge in [0.1, 0.15) is 6.04 Å². The standard InChI is InChI=1S/C19H20N2O3S/c1-4-14(22)16-17(15-6-5-11-25-15)21(19(24)18(16)23)13-9-7-12(8-10-13)20(2)3/h5-11,17,23H,4H2,1-3H3. The maximum atomic E-state index is 12.7. The van der Waals surface area contributed by atoms with E-state index in [9.17, 15) is 14.7 Å². The van der Waals surface area contributed by atoms with Crippen molar-refractivity contribution in [2.45, 2.75) is 19.4 Å². The summed E-state index contributed by atoms with van der Waals surface area (Å²) >= 11 is 1.46. The van der Waals surface area contributed by atoms with E-state index < -0.39 is 17.7 Å². The molecule has 0 saturated carbocycles. The first kappa shape index (κ1) is 17.2. The molecule has 1 aliphatic rings. The zero-order valence-corrected chi connectivity index (χ0v) is 15.2. The number of anilines is 2. The van der Waals surface area contributed by atoms with Crippen LogP contribution in [0.5, 0.6) is 0 Å². The van der Waals surface area contributed by atoms with Gasteiger partial charge in [0.05, 0.1) is 5.57 Å². The second-order valence-electron chi connectivity index (χ2n) is 6.04. The number of ketones is 1. The zero-order valence-electron chi connectivity index (χ0n) is 14.4. The van der Waals surface area contributed by atoms with Crippen LogP contribution in [-0.2, 0) is 9.59 Å². The van der Waals surface area contributed by atoms with Crippen molar-refractivity contribution >= 4 is 34.4 Å². The van der Waals surface area contributed by atoms with E-state index >= 15 is 0 Å². The van der Waals surface area contributed by atoms with Gasteiger partial charge in [-0.15, -0.1) is 11.3 Å². The number of hydrogen-bond donors (Lipinski definition) is 1. The molecule has 1 aliphatic heterocycles. The Labute approximate surface area is 150 Å². The number of thiophene rings is 1. The topological polar surface area (TPSA) is 60.9 Å². The predicted molar refractivity (Wildman–Crippen MR) is 100 cm³/mol. The Kier molecular flexibility index (Phi) is 4.63. The molecule has 2 heterocycles. The third kappa shape index (κ3) is 2.93. The van der Waals surface area contributed by atoms with Crippen molar-refractivity contribution in [2.24, 2.45) is 0 Å². The van der Waals surface area contributed by atoms with Gasteiger partial charge in [0.2, 0.25) is 0 Å². The predicted octanol–water partition coefficient (Wildman–Crippen LogP) is 3.69. The lowest BCUT2D eigenvalue weighted by Gasteiger charge is -2.26. The molecule has 0 aliphatic carbocycles. The number of nitrogens with zero attached hydrogens (tertiary/aromatic N) is 2. The molecule has 25 heavy (non-hydrogen) atoms. The van der Waals surface area contributed by atoms with Gasteiger partial charge in [-0.25, -0.2) is 0 Å². The molecule has 2 aromatic rings. The summed E-state index contributed by atoms with van der Waals surface area (Å²) < 4.78 is 0. The van der Waals surface area contributed by atoms with Crippen LogP contribution >= 0.6 is 11.3 Å². The Morgan fingerprint density at radius 2 is 1.92 bits per heavy atom. The maximum Gasteiger partial charge on any atom is 0.294 e. The van der Waals surface area contributed by atoms with Gasteiger partial charge in [-0.05, 0) is 35.7 Å². The highest BCUT2D eigenvalue weighted by atomic mass is 32.1. The molecular weight excluding hydrogens is 336 g/mol. The van der Waals surface area contributed by atoms with Crippen LogP contribution in [0.25, 0.3) is 0 Å². The van der Waals surface area contributed by atoms with Gasteiger partial charge in [-0.2, -0.15) is 0 Å². The van der Waals surface area contributed by atoms with Crippen molar-refractivity contribution < 1.29 is 14.7 Å². The van der Waals surface area contributed by atoms with E-state index in [1.165, 1.54) is 16.2 Å². The van der Waals surface area contributed by atoms with Crippen molar-refractivity contribution in [1.82, 2.24) is 0 Å². The number of amides is 1. The number of hydrogen-bond acceptors (Lipinski definition) is 5. The molecule has 6 heteroatoms. The molecule has 1 atom stereocenters. The highest BCUT2D eigenvalue weighted by molar-refractivity contribution is 7.10. The minimum Gasteiger partial charge on any atom is -0.503 e. The smallest absolute Gasteiger partial charge is 0.294 e. The molecule has 0 fully saturated rings. The fraction of sp³-hybridized carbons (Fsp3) is 0.263. The fourth-order valence-electron chi connectivity index (χ4n) is 2.97. The van der Waals surface area contributed by atoms with Gasteiger partial charge in [-0.3, -0.25) is 14.5 Å². The summed E-state index contributed by atoms with van der Waals surface area (Å²) in [6.07, 6.45) is 0.238. The number of aliphatic hydroxyl groups excluding tert-OH is 1. The Morgan fingerprint density at radius 3 is 2.44 bits per heavy atom. The maximum absolute atomic E-state index is 12.7. The van der Waals surface area contributed by atoms with Crippen LogP contribution in [0.1, 0.15) is 24.3 Å². The van der Waals surface area contributed by atoms with Crippen LogP contribution in [0, 0.1) is 0 Å². The molecule has 0 radical (unpaired) electrons. The minimum atomic E-state index is -0.579. The molecule has 1 unspecified atom stereocenters. The summed E-state index contributed by atoms with van der Waals surface area (Å²) in [4.78, 5) is 29.4. The van der Waals surface area contributed by atoms with E-state index in [4.69, 9.17) is 0 Å². The number of Topliss-reactive ketones (excluding diaryl/α,β-unsaturated/α-hetero) is 1. The molecule has 130 valence electrons. The van der Waals surface area contributed by atoms with E-state index in [0.29, 0.717) is 5.69 Å². The van der Waals surface area contributed by atoms with Gasteiger partial charge in [0.25, 0.3) is 5.91 Å². The van der Waals surface area contributed by atoms with Crippen molar-refractivity contribution in [3.05, 3.63) is 58.0 Å². The highest BCUT2D eigenvalue weighted by Gasteiger charge is 2.44. The van der Waals surface area contributed by atoms with Gasteiger partial charge in [-0.1, -0.05) is 13.0 Å². The Morgan fingerprint density at radius 1 is 1.24 bits per heavy atom. The molecule has 1 aromatic heterocycles. The second-order valence-corrected chi connectivity index (χ2v) is 7.02. The van der Waals surface area contributed by atoms with E-state index in [2.05, 4.69) is 0 Å². The number of rotatable bonds is 5. The fourth-order valence-corrected chi connectivity index (χ4v) is 3.80. The SMILES string of the molecule is CCC(=O)C1=C(O)C(=O)N(c2ccc(N(C)C)cc2)C1c1cccs1.